The summed E-state index contributed by atoms with van der Waals surface area (Å²) in [6.45, 7) is 9.53. The predicted molar refractivity (Wildman–Crippen MR) is 66.3 cm³/mol. The first-order valence-corrected chi connectivity index (χ1v) is 7.16. The average Bonchev–Trinajstić information content (AvgIpc) is 2.57. The van der Waals surface area contributed by atoms with Gasteiger partial charge in [-0.25, -0.2) is 0 Å². The number of rotatable bonds is 0. The highest BCUT2D eigenvalue weighted by Gasteiger charge is 2.61. The van der Waals surface area contributed by atoms with Gasteiger partial charge in [0.25, 0.3) is 0 Å². The Bertz CT molecular complexity index is 296. The first-order chi connectivity index (χ1) is 7.46. The molecule has 3 aliphatic rings. The third kappa shape index (κ3) is 1.27. The maximum atomic E-state index is 6.65. The van der Waals surface area contributed by atoms with Gasteiger partial charge in [-0.3, -0.25) is 0 Å². The molecule has 3 fully saturated rings. The summed E-state index contributed by atoms with van der Waals surface area (Å²) in [6, 6.07) is 0. The van der Waals surface area contributed by atoms with Crippen LogP contribution in [0.2, 0.25) is 0 Å². The molecule has 1 aliphatic heterocycles. The van der Waals surface area contributed by atoms with E-state index in [4.69, 9.17) is 4.74 Å². The maximum Gasteiger partial charge on any atom is 0.0749 e. The highest BCUT2D eigenvalue weighted by molar-refractivity contribution is 5.10. The number of ether oxygens (including phenoxy) is 1. The Labute approximate surface area is 99.9 Å². The van der Waals surface area contributed by atoms with E-state index in [0.717, 1.165) is 23.7 Å². The monoisotopic (exact) mass is 222 g/mol. The Morgan fingerprint density at radius 2 is 1.75 bits per heavy atom. The molecule has 92 valence electrons. The van der Waals surface area contributed by atoms with Gasteiger partial charge in [0.15, 0.2) is 0 Å². The van der Waals surface area contributed by atoms with Crippen molar-refractivity contribution in [2.24, 2.45) is 23.7 Å². The molecule has 2 bridgehead atoms. The Balaban J connectivity index is 2.01. The molecule has 2 saturated carbocycles. The first kappa shape index (κ1) is 11.1. The van der Waals surface area contributed by atoms with Crippen LogP contribution in [0.15, 0.2) is 0 Å². The molecule has 3 rings (SSSR count). The fourth-order valence-corrected chi connectivity index (χ4v) is 4.94. The van der Waals surface area contributed by atoms with Crippen molar-refractivity contribution in [1.82, 2.24) is 0 Å². The third-order valence-electron chi connectivity index (χ3n) is 6.03. The summed E-state index contributed by atoms with van der Waals surface area (Å²) in [4.78, 5) is 0. The molecule has 1 nitrogen and oxygen atoms in total. The highest BCUT2D eigenvalue weighted by Crippen LogP contribution is 2.61. The van der Waals surface area contributed by atoms with Crippen molar-refractivity contribution in [2.45, 2.75) is 71.0 Å². The van der Waals surface area contributed by atoms with Crippen molar-refractivity contribution in [3.63, 3.8) is 0 Å². The summed E-state index contributed by atoms with van der Waals surface area (Å²) >= 11 is 0. The summed E-state index contributed by atoms with van der Waals surface area (Å²) in [5, 5.41) is 0. The van der Waals surface area contributed by atoms with Crippen molar-refractivity contribution < 1.29 is 4.74 Å². The second-order valence-electron chi connectivity index (χ2n) is 7.20. The van der Waals surface area contributed by atoms with E-state index in [1.54, 1.807) is 0 Å². The lowest BCUT2D eigenvalue weighted by atomic mass is 9.77. The van der Waals surface area contributed by atoms with Crippen LogP contribution in [0.25, 0.3) is 0 Å². The highest BCUT2D eigenvalue weighted by atomic mass is 16.5. The predicted octanol–water partition coefficient (Wildman–Crippen LogP) is 4.02. The van der Waals surface area contributed by atoms with Crippen LogP contribution in [0.4, 0.5) is 0 Å². The fraction of sp³-hybridized carbons (Fsp3) is 1.00. The summed E-state index contributed by atoms with van der Waals surface area (Å²) in [5.74, 6) is 3.31. The van der Waals surface area contributed by atoms with E-state index in [-0.39, 0.29) is 11.2 Å². The second-order valence-corrected chi connectivity index (χ2v) is 7.20. The molecule has 5 atom stereocenters. The molecule has 1 heterocycles. The minimum Gasteiger partial charge on any atom is -0.368 e. The molecule has 1 heteroatoms. The average molecular weight is 222 g/mol. The maximum absolute atomic E-state index is 6.65. The van der Waals surface area contributed by atoms with E-state index in [0.29, 0.717) is 0 Å². The molecular weight excluding hydrogens is 196 g/mol. The Morgan fingerprint density at radius 1 is 1.00 bits per heavy atom. The van der Waals surface area contributed by atoms with Gasteiger partial charge in [-0.2, -0.15) is 0 Å². The van der Waals surface area contributed by atoms with E-state index in [1.807, 2.05) is 0 Å². The molecular formula is C15H26O. The molecule has 0 radical (unpaired) electrons. The standard InChI is InChI=1S/C15H26O/c1-10-5-7-12-9-15(16-14(12,3)4)11(2)6-8-13(10)15/h10-13H,5-9H2,1-4H3/t10-,11-,12+,13+,15?/m0/s1. The van der Waals surface area contributed by atoms with Crippen LogP contribution in [-0.4, -0.2) is 11.2 Å². The van der Waals surface area contributed by atoms with Crippen molar-refractivity contribution in [2.75, 3.05) is 0 Å². The zero-order valence-electron chi connectivity index (χ0n) is 11.3. The number of hydrogen-bond acceptors (Lipinski definition) is 1. The molecule has 1 spiro atoms. The Morgan fingerprint density at radius 3 is 2.50 bits per heavy atom. The van der Waals surface area contributed by atoms with Gasteiger partial charge in [0, 0.05) is 0 Å². The second kappa shape index (κ2) is 3.25. The van der Waals surface area contributed by atoms with E-state index >= 15 is 0 Å². The quantitative estimate of drug-likeness (QED) is 0.601. The minimum atomic E-state index is 0.136. The topological polar surface area (TPSA) is 9.23 Å². The van der Waals surface area contributed by atoms with Crippen molar-refractivity contribution in [3.8, 4) is 0 Å². The smallest absolute Gasteiger partial charge is 0.0749 e. The molecule has 0 aromatic heterocycles. The molecule has 0 aromatic carbocycles. The fourth-order valence-electron chi connectivity index (χ4n) is 4.94. The van der Waals surface area contributed by atoms with E-state index in [1.165, 1.54) is 32.1 Å². The molecule has 0 amide bonds. The molecule has 1 saturated heterocycles. The van der Waals surface area contributed by atoms with E-state index in [9.17, 15) is 0 Å². The van der Waals surface area contributed by atoms with E-state index in [2.05, 4.69) is 27.7 Å². The van der Waals surface area contributed by atoms with Gasteiger partial charge < -0.3 is 4.74 Å². The molecule has 0 aromatic rings. The van der Waals surface area contributed by atoms with Gasteiger partial charge >= 0.3 is 0 Å². The van der Waals surface area contributed by atoms with Gasteiger partial charge in [0.1, 0.15) is 0 Å². The lowest BCUT2D eigenvalue weighted by Crippen LogP contribution is -2.43. The largest absolute Gasteiger partial charge is 0.368 e. The van der Waals surface area contributed by atoms with Crippen molar-refractivity contribution >= 4 is 0 Å². The summed E-state index contributed by atoms with van der Waals surface area (Å²) in [7, 11) is 0. The third-order valence-corrected chi connectivity index (χ3v) is 6.03. The van der Waals surface area contributed by atoms with Gasteiger partial charge in [-0.15, -0.1) is 0 Å². The SMILES string of the molecule is C[C@H]1CC[C@@H]2CC3(OC2(C)C)[C@@H]1CC[C@@H]3C. The Kier molecular flexibility index (Phi) is 2.25. The van der Waals surface area contributed by atoms with Gasteiger partial charge in [0.05, 0.1) is 11.2 Å². The van der Waals surface area contributed by atoms with Gasteiger partial charge in [-0.05, 0) is 69.6 Å². The summed E-state index contributed by atoms with van der Waals surface area (Å²) < 4.78 is 6.65. The van der Waals surface area contributed by atoms with Crippen molar-refractivity contribution in [3.05, 3.63) is 0 Å². The number of fused-ring (bicyclic) bond motifs is 1. The lowest BCUT2D eigenvalue weighted by Gasteiger charge is -2.40. The lowest BCUT2D eigenvalue weighted by molar-refractivity contribution is -0.145. The zero-order valence-corrected chi connectivity index (χ0v) is 11.3. The van der Waals surface area contributed by atoms with Crippen LogP contribution >= 0.6 is 0 Å². The van der Waals surface area contributed by atoms with Crippen LogP contribution < -0.4 is 0 Å². The molecule has 1 unspecified atom stereocenters. The van der Waals surface area contributed by atoms with Crippen molar-refractivity contribution in [1.29, 1.82) is 0 Å². The molecule has 0 N–H and O–H groups in total. The van der Waals surface area contributed by atoms with Gasteiger partial charge in [-0.1, -0.05) is 13.8 Å². The van der Waals surface area contributed by atoms with Gasteiger partial charge in [0.2, 0.25) is 0 Å². The molecule has 2 aliphatic carbocycles. The molecule has 16 heavy (non-hydrogen) atoms. The zero-order chi connectivity index (χ0) is 11.6. The summed E-state index contributed by atoms with van der Waals surface area (Å²) in [6.07, 6.45) is 6.95. The van der Waals surface area contributed by atoms with Crippen LogP contribution in [-0.2, 0) is 4.74 Å². The van der Waals surface area contributed by atoms with E-state index < -0.39 is 0 Å². The van der Waals surface area contributed by atoms with Crippen LogP contribution in [0.1, 0.15) is 59.8 Å². The van der Waals surface area contributed by atoms with Crippen LogP contribution in [0.3, 0.4) is 0 Å². The van der Waals surface area contributed by atoms with Crippen LogP contribution in [0, 0.1) is 23.7 Å². The van der Waals surface area contributed by atoms with Crippen LogP contribution in [0.5, 0.6) is 0 Å². The summed E-state index contributed by atoms with van der Waals surface area (Å²) in [5.41, 5.74) is 0.390. The normalized spacial score (nSPS) is 54.8. The number of hydrogen-bond donors (Lipinski definition) is 0. The Hall–Kier alpha value is -0.0400. The minimum absolute atomic E-state index is 0.136. The first-order valence-electron chi connectivity index (χ1n) is 7.16.